The summed E-state index contributed by atoms with van der Waals surface area (Å²) >= 11 is 6.97. The van der Waals surface area contributed by atoms with E-state index in [-0.39, 0.29) is 10.1 Å². The molecule has 2 atom stereocenters. The Morgan fingerprint density at radius 2 is 1.67 bits per heavy atom. The molecule has 0 aliphatic rings. The van der Waals surface area contributed by atoms with E-state index in [1.165, 1.54) is 6.07 Å². The predicted molar refractivity (Wildman–Crippen MR) is 116 cm³/mol. The molecule has 0 bridgehead atoms. The molecule has 0 saturated heterocycles. The summed E-state index contributed by atoms with van der Waals surface area (Å²) in [6.45, 7) is 8.31. The van der Waals surface area contributed by atoms with Crippen LogP contribution >= 0.6 is 22.9 Å². The molecule has 0 aliphatic heterocycles. The fourth-order valence-corrected chi connectivity index (χ4v) is 6.37. The molecule has 1 aromatic heterocycles. The van der Waals surface area contributed by atoms with Crippen molar-refractivity contribution >= 4 is 33.0 Å². The number of unbranched alkanes of at least 4 members (excludes halogenated alkanes) is 4. The number of rotatable bonds is 14. The average Bonchev–Trinajstić information content (AvgIpc) is 3.07. The van der Waals surface area contributed by atoms with Crippen molar-refractivity contribution in [3.8, 4) is 0 Å². The van der Waals surface area contributed by atoms with E-state index in [2.05, 4.69) is 18.6 Å². The van der Waals surface area contributed by atoms with Gasteiger partial charge in [0, 0.05) is 0 Å². The highest BCUT2D eigenvalue weighted by Gasteiger charge is 2.41. The summed E-state index contributed by atoms with van der Waals surface area (Å²) in [4.78, 5) is 0. The summed E-state index contributed by atoms with van der Waals surface area (Å²) in [5.41, 5.74) is -1.03. The number of thiophene rings is 1. The van der Waals surface area contributed by atoms with Crippen LogP contribution in [0.1, 0.15) is 85.5 Å². The lowest BCUT2D eigenvalue weighted by molar-refractivity contribution is -0.0279. The molecule has 27 heavy (non-hydrogen) atoms. The van der Waals surface area contributed by atoms with Crippen molar-refractivity contribution in [2.24, 2.45) is 5.92 Å². The Kier molecular flexibility index (Phi) is 10.8. The summed E-state index contributed by atoms with van der Waals surface area (Å²) < 4.78 is 29.3. The summed E-state index contributed by atoms with van der Waals surface area (Å²) in [7, 11) is -3.71. The maximum atomic E-state index is 12.9. The van der Waals surface area contributed by atoms with Gasteiger partial charge in [0.2, 0.25) is 10.0 Å². The van der Waals surface area contributed by atoms with Crippen molar-refractivity contribution in [3.05, 3.63) is 16.5 Å². The summed E-state index contributed by atoms with van der Waals surface area (Å²) in [5, 5.41) is 11.6. The molecule has 1 rings (SSSR count). The highest BCUT2D eigenvalue weighted by atomic mass is 35.5. The summed E-state index contributed by atoms with van der Waals surface area (Å²) in [5.74, 6) is 0.0310. The maximum Gasteiger partial charge on any atom is 0.250 e. The molecule has 2 unspecified atom stereocenters. The summed E-state index contributed by atoms with van der Waals surface area (Å²) in [6, 6.07) is 2.60. The highest BCUT2D eigenvalue weighted by Crippen LogP contribution is 2.33. The Labute approximate surface area is 174 Å². The first-order valence-corrected chi connectivity index (χ1v) is 12.9. The van der Waals surface area contributed by atoms with Crippen LogP contribution in [-0.2, 0) is 10.0 Å². The predicted octanol–water partition coefficient (Wildman–Crippen LogP) is 5.99. The first-order chi connectivity index (χ1) is 12.7. The van der Waals surface area contributed by atoms with Crippen LogP contribution in [0.15, 0.2) is 16.3 Å². The Morgan fingerprint density at radius 3 is 2.07 bits per heavy atom. The number of hydrogen-bond donors (Lipinski definition) is 2. The van der Waals surface area contributed by atoms with Gasteiger partial charge in [-0.15, -0.1) is 11.3 Å². The SMILES string of the molecule is CCCCCC(O)(CCCCC)C(NS(=O)(=O)c1ccc(Cl)s1)C(C)CC. The lowest BCUT2D eigenvalue weighted by Gasteiger charge is -2.40. The standard InChI is InChI=1S/C20H36ClNO3S2/c1-5-8-10-14-20(23,15-11-9-6-2)19(16(4)7-3)22-27(24,25)18-13-12-17(21)26-18/h12-13,16,19,22-23H,5-11,14-15H2,1-4H3. The van der Waals surface area contributed by atoms with Crippen molar-refractivity contribution in [3.63, 3.8) is 0 Å². The molecule has 0 aromatic carbocycles. The van der Waals surface area contributed by atoms with Crippen LogP contribution < -0.4 is 4.72 Å². The highest BCUT2D eigenvalue weighted by molar-refractivity contribution is 7.91. The van der Waals surface area contributed by atoms with Gasteiger partial charge in [-0.3, -0.25) is 0 Å². The summed E-state index contributed by atoms with van der Waals surface area (Å²) in [6.07, 6.45) is 8.05. The Morgan fingerprint density at radius 1 is 1.11 bits per heavy atom. The lowest BCUT2D eigenvalue weighted by Crippen LogP contribution is -2.55. The topological polar surface area (TPSA) is 66.4 Å². The van der Waals surface area contributed by atoms with E-state index in [9.17, 15) is 13.5 Å². The van der Waals surface area contributed by atoms with Crippen LogP contribution in [0.2, 0.25) is 4.34 Å². The smallest absolute Gasteiger partial charge is 0.250 e. The molecule has 1 heterocycles. The third-order valence-electron chi connectivity index (χ3n) is 5.31. The molecule has 2 N–H and O–H groups in total. The fraction of sp³-hybridized carbons (Fsp3) is 0.800. The number of nitrogens with one attached hydrogen (secondary N) is 1. The second-order valence-corrected chi connectivity index (χ2v) is 11.2. The van der Waals surface area contributed by atoms with E-state index in [1.807, 2.05) is 13.8 Å². The first kappa shape index (κ1) is 24.9. The molecular formula is C20H36ClNO3S2. The Balaban J connectivity index is 3.12. The lowest BCUT2D eigenvalue weighted by atomic mass is 9.78. The van der Waals surface area contributed by atoms with Crippen LogP contribution in [0, 0.1) is 5.92 Å². The third kappa shape index (κ3) is 7.65. The number of aliphatic hydroxyl groups is 1. The fourth-order valence-electron chi connectivity index (χ4n) is 3.46. The molecule has 0 radical (unpaired) electrons. The number of hydrogen-bond acceptors (Lipinski definition) is 4. The largest absolute Gasteiger partial charge is 0.388 e. The van der Waals surface area contributed by atoms with Gasteiger partial charge in [-0.2, -0.15) is 0 Å². The van der Waals surface area contributed by atoms with E-state index >= 15 is 0 Å². The van der Waals surface area contributed by atoms with E-state index in [0.717, 1.165) is 56.3 Å². The Bertz CT molecular complexity index is 635. The van der Waals surface area contributed by atoms with Crippen molar-refractivity contribution in [2.75, 3.05) is 0 Å². The van der Waals surface area contributed by atoms with Gasteiger partial charge in [0.25, 0.3) is 0 Å². The van der Waals surface area contributed by atoms with E-state index in [1.54, 1.807) is 6.07 Å². The monoisotopic (exact) mass is 437 g/mol. The van der Waals surface area contributed by atoms with Gasteiger partial charge in [-0.1, -0.05) is 84.2 Å². The maximum absolute atomic E-state index is 12.9. The minimum absolute atomic E-state index is 0.0310. The zero-order valence-electron chi connectivity index (χ0n) is 17.1. The van der Waals surface area contributed by atoms with Gasteiger partial charge in [-0.25, -0.2) is 13.1 Å². The normalized spacial score (nSPS) is 15.0. The average molecular weight is 438 g/mol. The quantitative estimate of drug-likeness (QED) is 0.351. The molecule has 7 heteroatoms. The van der Waals surface area contributed by atoms with Crippen LogP contribution in [0.3, 0.4) is 0 Å². The molecule has 0 amide bonds. The molecule has 0 spiro atoms. The van der Waals surface area contributed by atoms with E-state index in [4.69, 9.17) is 11.6 Å². The van der Waals surface area contributed by atoms with Crippen LogP contribution in [0.25, 0.3) is 0 Å². The first-order valence-electron chi connectivity index (χ1n) is 10.2. The molecular weight excluding hydrogens is 402 g/mol. The van der Waals surface area contributed by atoms with Crippen LogP contribution in [0.5, 0.6) is 0 Å². The van der Waals surface area contributed by atoms with Crippen molar-refractivity contribution in [1.82, 2.24) is 4.72 Å². The van der Waals surface area contributed by atoms with Gasteiger partial charge in [0.1, 0.15) is 4.21 Å². The van der Waals surface area contributed by atoms with E-state index < -0.39 is 21.7 Å². The molecule has 4 nitrogen and oxygen atoms in total. The van der Waals surface area contributed by atoms with Gasteiger partial charge < -0.3 is 5.11 Å². The van der Waals surface area contributed by atoms with Crippen LogP contribution in [0.4, 0.5) is 0 Å². The van der Waals surface area contributed by atoms with Gasteiger partial charge >= 0.3 is 0 Å². The van der Waals surface area contributed by atoms with E-state index in [0.29, 0.717) is 17.2 Å². The minimum atomic E-state index is -3.71. The van der Waals surface area contributed by atoms with Gasteiger partial charge in [-0.05, 0) is 30.9 Å². The van der Waals surface area contributed by atoms with Crippen molar-refractivity contribution in [2.45, 2.75) is 101 Å². The minimum Gasteiger partial charge on any atom is -0.388 e. The van der Waals surface area contributed by atoms with Crippen molar-refractivity contribution in [1.29, 1.82) is 0 Å². The molecule has 0 fully saturated rings. The second kappa shape index (κ2) is 11.8. The van der Waals surface area contributed by atoms with Crippen LogP contribution in [-0.4, -0.2) is 25.2 Å². The zero-order chi connectivity index (χ0) is 20.5. The zero-order valence-corrected chi connectivity index (χ0v) is 19.5. The molecule has 158 valence electrons. The molecule has 1 aromatic rings. The molecule has 0 aliphatic carbocycles. The van der Waals surface area contributed by atoms with Gasteiger partial charge in [0.15, 0.2) is 0 Å². The third-order valence-corrected chi connectivity index (χ3v) is 8.48. The van der Waals surface area contributed by atoms with Gasteiger partial charge in [0.05, 0.1) is 16.0 Å². The number of sulfonamides is 1. The number of halogens is 1. The second-order valence-electron chi connectivity index (χ2n) is 7.56. The molecule has 0 saturated carbocycles. The van der Waals surface area contributed by atoms with Crippen molar-refractivity contribution < 1.29 is 13.5 Å². The Hall–Kier alpha value is -0.140.